The van der Waals surface area contributed by atoms with E-state index in [0.29, 0.717) is 37.6 Å². The van der Waals surface area contributed by atoms with Gasteiger partial charge in [-0.3, -0.25) is 9.78 Å². The molecule has 8 heteroatoms. The average Bonchev–Trinajstić information content (AvgIpc) is 3.13. The number of ether oxygens (including phenoxy) is 2. The Kier molecular flexibility index (Phi) is 5.53. The molecule has 1 aliphatic rings. The summed E-state index contributed by atoms with van der Waals surface area (Å²) in [5.74, 6) is 0.598. The summed E-state index contributed by atoms with van der Waals surface area (Å²) in [6.07, 6.45) is 4.25. The summed E-state index contributed by atoms with van der Waals surface area (Å²) in [6.45, 7) is 3.17. The van der Waals surface area contributed by atoms with E-state index in [2.05, 4.69) is 26.6 Å². The van der Waals surface area contributed by atoms with Crippen LogP contribution in [0.4, 0.5) is 0 Å². The van der Waals surface area contributed by atoms with Crippen molar-refractivity contribution in [3.63, 3.8) is 0 Å². The number of hydrogen-bond donors (Lipinski definition) is 1. The van der Waals surface area contributed by atoms with Crippen LogP contribution in [0.1, 0.15) is 21.7 Å². The number of rotatable bonds is 6. The normalized spacial score (nSPS) is 15.4. The highest BCUT2D eigenvalue weighted by Crippen LogP contribution is 2.34. The van der Waals surface area contributed by atoms with Gasteiger partial charge < -0.3 is 14.8 Å². The Morgan fingerprint density at radius 3 is 3.00 bits per heavy atom. The fraction of sp³-hybridized carbons (Fsp3) is 0.333. The topological polar surface area (TPSA) is 91.2 Å². The predicted molar refractivity (Wildman–Crippen MR) is 107 cm³/mol. The second-order valence-corrected chi connectivity index (χ2v) is 6.93. The molecule has 0 aliphatic carbocycles. The van der Waals surface area contributed by atoms with Crippen molar-refractivity contribution in [2.45, 2.75) is 25.9 Å². The molecule has 8 nitrogen and oxygen atoms in total. The minimum absolute atomic E-state index is 0.156. The summed E-state index contributed by atoms with van der Waals surface area (Å²) < 4.78 is 11.0. The molecular formula is C21H23N5O3. The van der Waals surface area contributed by atoms with Gasteiger partial charge in [0, 0.05) is 37.1 Å². The molecule has 1 aromatic carbocycles. The zero-order valence-electron chi connectivity index (χ0n) is 16.5. The zero-order chi connectivity index (χ0) is 20.2. The number of amides is 1. The molecule has 1 N–H and O–H groups in total. The van der Waals surface area contributed by atoms with Crippen LogP contribution in [0.2, 0.25) is 0 Å². The molecule has 0 bridgehead atoms. The first kappa shape index (κ1) is 19.1. The Bertz CT molecular complexity index is 1000. The number of methoxy groups -OCH3 is 1. The van der Waals surface area contributed by atoms with E-state index in [-0.39, 0.29) is 11.9 Å². The molecule has 2 aromatic heterocycles. The number of nitrogens with one attached hydrogen (secondary N) is 1. The van der Waals surface area contributed by atoms with Crippen LogP contribution >= 0.6 is 0 Å². The van der Waals surface area contributed by atoms with E-state index in [1.807, 2.05) is 30.5 Å². The van der Waals surface area contributed by atoms with E-state index in [1.165, 1.54) is 4.80 Å². The predicted octanol–water partition coefficient (Wildman–Crippen LogP) is 2.03. The van der Waals surface area contributed by atoms with Crippen molar-refractivity contribution in [1.82, 2.24) is 25.3 Å². The van der Waals surface area contributed by atoms with Gasteiger partial charge in [-0.05, 0) is 24.6 Å². The van der Waals surface area contributed by atoms with Crippen LogP contribution in [-0.2, 0) is 17.7 Å². The van der Waals surface area contributed by atoms with E-state index in [0.717, 1.165) is 22.4 Å². The number of carbonyl (C=O) groups excluding carboxylic acids is 1. The maximum absolute atomic E-state index is 12.8. The summed E-state index contributed by atoms with van der Waals surface area (Å²) in [5.41, 5.74) is 4.07. The number of carbonyl (C=O) groups is 1. The molecule has 29 heavy (non-hydrogen) atoms. The Hall–Kier alpha value is -3.26. The molecule has 4 rings (SSSR count). The van der Waals surface area contributed by atoms with Crippen molar-refractivity contribution in [2.75, 3.05) is 20.3 Å². The molecule has 1 amide bonds. The van der Waals surface area contributed by atoms with Crippen LogP contribution in [0.5, 0.6) is 5.75 Å². The van der Waals surface area contributed by atoms with E-state index < -0.39 is 0 Å². The molecule has 0 spiro atoms. The van der Waals surface area contributed by atoms with Gasteiger partial charge >= 0.3 is 0 Å². The molecule has 0 saturated heterocycles. The third-order valence-electron chi connectivity index (χ3n) is 4.87. The van der Waals surface area contributed by atoms with E-state index in [1.54, 1.807) is 20.2 Å². The third kappa shape index (κ3) is 4.12. The van der Waals surface area contributed by atoms with Crippen molar-refractivity contribution in [3.8, 4) is 16.9 Å². The lowest BCUT2D eigenvalue weighted by Crippen LogP contribution is -2.43. The molecule has 3 heterocycles. The van der Waals surface area contributed by atoms with Gasteiger partial charge in [0.2, 0.25) is 0 Å². The minimum Gasteiger partial charge on any atom is -0.491 e. The Morgan fingerprint density at radius 2 is 2.21 bits per heavy atom. The highest BCUT2D eigenvalue weighted by Gasteiger charge is 2.26. The van der Waals surface area contributed by atoms with Crippen molar-refractivity contribution >= 4 is 5.91 Å². The smallest absolute Gasteiger partial charge is 0.274 e. The van der Waals surface area contributed by atoms with E-state index in [9.17, 15) is 4.79 Å². The van der Waals surface area contributed by atoms with Crippen molar-refractivity contribution in [1.29, 1.82) is 0 Å². The third-order valence-corrected chi connectivity index (χ3v) is 4.87. The van der Waals surface area contributed by atoms with Gasteiger partial charge in [-0.15, -0.1) is 5.10 Å². The summed E-state index contributed by atoms with van der Waals surface area (Å²) in [5, 5.41) is 11.6. The largest absolute Gasteiger partial charge is 0.491 e. The zero-order valence-corrected chi connectivity index (χ0v) is 16.5. The summed E-state index contributed by atoms with van der Waals surface area (Å²) in [4.78, 5) is 18.5. The Morgan fingerprint density at radius 1 is 1.31 bits per heavy atom. The van der Waals surface area contributed by atoms with Gasteiger partial charge in [0.05, 0.1) is 24.9 Å². The first-order valence-corrected chi connectivity index (χ1v) is 9.52. The Labute approximate surface area is 168 Å². The Balaban J connectivity index is 1.51. The number of nitrogens with zero attached hydrogens (tertiary/aromatic N) is 4. The highest BCUT2D eigenvalue weighted by atomic mass is 16.5. The average molecular weight is 393 g/mol. The molecule has 0 unspecified atom stereocenters. The number of benzene rings is 1. The fourth-order valence-corrected chi connectivity index (χ4v) is 3.46. The molecule has 3 aromatic rings. The quantitative estimate of drug-likeness (QED) is 0.689. The van der Waals surface area contributed by atoms with Crippen LogP contribution < -0.4 is 10.1 Å². The molecule has 150 valence electrons. The number of hydrogen-bond acceptors (Lipinski definition) is 6. The lowest BCUT2D eigenvalue weighted by atomic mass is 9.93. The molecule has 0 fully saturated rings. The van der Waals surface area contributed by atoms with Gasteiger partial charge in [-0.25, -0.2) is 0 Å². The van der Waals surface area contributed by atoms with Crippen LogP contribution in [0, 0.1) is 6.92 Å². The van der Waals surface area contributed by atoms with Gasteiger partial charge in [-0.1, -0.05) is 18.2 Å². The van der Waals surface area contributed by atoms with E-state index in [4.69, 9.17) is 9.47 Å². The standard InChI is InChI=1S/C21H23N5O3/c1-14-20(25-26(24-14)9-10-28-2)21(27)23-16-11-18-17(15-5-4-8-22-12-15)6-3-7-19(18)29-13-16/h3-8,12,16H,9-11,13H2,1-2H3,(H,23,27)/t16-/m0/s1. The van der Waals surface area contributed by atoms with Crippen LogP contribution in [0.15, 0.2) is 42.7 Å². The number of pyridine rings is 1. The van der Waals surface area contributed by atoms with Gasteiger partial charge in [0.1, 0.15) is 12.4 Å². The second-order valence-electron chi connectivity index (χ2n) is 6.93. The first-order chi connectivity index (χ1) is 14.2. The van der Waals surface area contributed by atoms with Crippen LogP contribution in [-0.4, -0.2) is 52.3 Å². The van der Waals surface area contributed by atoms with Gasteiger partial charge in [0.15, 0.2) is 5.69 Å². The summed E-state index contributed by atoms with van der Waals surface area (Å²) in [6, 6.07) is 9.76. The monoisotopic (exact) mass is 393 g/mol. The number of aryl methyl sites for hydroxylation is 1. The van der Waals surface area contributed by atoms with E-state index >= 15 is 0 Å². The maximum Gasteiger partial charge on any atom is 0.274 e. The second kappa shape index (κ2) is 8.40. The minimum atomic E-state index is -0.248. The number of aromatic nitrogens is 4. The number of fused-ring (bicyclic) bond motifs is 1. The van der Waals surface area contributed by atoms with Gasteiger partial charge in [-0.2, -0.15) is 9.90 Å². The maximum atomic E-state index is 12.8. The fourth-order valence-electron chi connectivity index (χ4n) is 3.46. The molecular weight excluding hydrogens is 370 g/mol. The van der Waals surface area contributed by atoms with Gasteiger partial charge in [0.25, 0.3) is 5.91 Å². The highest BCUT2D eigenvalue weighted by molar-refractivity contribution is 5.93. The lowest BCUT2D eigenvalue weighted by molar-refractivity contribution is 0.0908. The van der Waals surface area contributed by atoms with Crippen molar-refractivity contribution in [2.24, 2.45) is 0 Å². The molecule has 0 saturated carbocycles. The van der Waals surface area contributed by atoms with Crippen molar-refractivity contribution < 1.29 is 14.3 Å². The van der Waals surface area contributed by atoms with Crippen LogP contribution in [0.25, 0.3) is 11.1 Å². The van der Waals surface area contributed by atoms with Crippen molar-refractivity contribution in [3.05, 3.63) is 59.7 Å². The first-order valence-electron chi connectivity index (χ1n) is 9.52. The molecule has 1 atom stereocenters. The summed E-state index contributed by atoms with van der Waals surface area (Å²) in [7, 11) is 1.62. The van der Waals surface area contributed by atoms with Crippen LogP contribution in [0.3, 0.4) is 0 Å². The molecule has 0 radical (unpaired) electrons. The lowest BCUT2D eigenvalue weighted by Gasteiger charge is -2.27. The SMILES string of the molecule is COCCn1nc(C)c(C(=O)N[C@@H]2COc3cccc(-c4cccnc4)c3C2)n1. The summed E-state index contributed by atoms with van der Waals surface area (Å²) >= 11 is 0. The molecule has 1 aliphatic heterocycles.